The van der Waals surface area contributed by atoms with Gasteiger partial charge in [-0.1, -0.05) is 73.4 Å². The summed E-state index contributed by atoms with van der Waals surface area (Å²) in [5.41, 5.74) is 4.08. The Morgan fingerprint density at radius 1 is 0.750 bits per heavy atom. The van der Waals surface area contributed by atoms with Gasteiger partial charge >= 0.3 is 0 Å². The fraction of sp³-hybridized carbons (Fsp3) is 0.296. The van der Waals surface area contributed by atoms with Crippen LogP contribution >= 0.6 is 31.9 Å². The van der Waals surface area contributed by atoms with Gasteiger partial charge in [0.15, 0.2) is 0 Å². The molecule has 2 N–H and O–H groups in total. The summed E-state index contributed by atoms with van der Waals surface area (Å²) in [7, 11) is 0. The first kappa shape index (κ1) is 24.5. The maximum Gasteiger partial charge on any atom is 0.138 e. The molecule has 3 rings (SSSR count). The van der Waals surface area contributed by atoms with Crippen molar-refractivity contribution in [2.75, 3.05) is 5.32 Å². The van der Waals surface area contributed by atoms with E-state index in [1.165, 1.54) is 0 Å². The molecule has 3 aromatic rings. The third kappa shape index (κ3) is 6.02. The second-order valence-corrected chi connectivity index (χ2v) is 11.8. The molecule has 0 amide bonds. The Balaban J connectivity index is 2.23. The van der Waals surface area contributed by atoms with Crippen molar-refractivity contribution in [3.8, 4) is 5.75 Å². The molecule has 0 atom stereocenters. The van der Waals surface area contributed by atoms with Crippen LogP contribution in [0.1, 0.15) is 58.2 Å². The fourth-order valence-electron chi connectivity index (χ4n) is 3.39. The van der Waals surface area contributed by atoms with Crippen LogP contribution in [0, 0.1) is 0 Å². The van der Waals surface area contributed by atoms with Crippen molar-refractivity contribution in [3.63, 3.8) is 0 Å². The molecule has 0 heterocycles. The minimum Gasteiger partial charge on any atom is -0.507 e. The molecule has 0 aliphatic heterocycles. The average molecular weight is 558 g/mol. The minimum absolute atomic E-state index is 0.222. The largest absolute Gasteiger partial charge is 0.507 e. The number of anilines is 1. The van der Waals surface area contributed by atoms with E-state index in [4.69, 9.17) is 4.99 Å². The quantitative estimate of drug-likeness (QED) is 0.250. The van der Waals surface area contributed by atoms with Crippen molar-refractivity contribution in [1.82, 2.24) is 0 Å². The van der Waals surface area contributed by atoms with E-state index in [2.05, 4.69) is 78.7 Å². The first-order valence-electron chi connectivity index (χ1n) is 10.6. The summed E-state index contributed by atoms with van der Waals surface area (Å²) in [5, 5.41) is 14.6. The minimum atomic E-state index is -0.222. The van der Waals surface area contributed by atoms with E-state index in [9.17, 15) is 5.11 Å². The number of phenolic OH excluding ortho intramolecular Hbond substituents is 1. The molecule has 0 aromatic heterocycles. The number of nitrogens with zero attached hydrogens (tertiary/aromatic N) is 1. The molecule has 0 aliphatic carbocycles. The molecule has 0 saturated carbocycles. The average Bonchev–Trinajstić information content (AvgIpc) is 2.69. The normalized spacial score (nSPS) is 12.7. The molecular weight excluding hydrogens is 528 g/mol. The third-order valence-corrected chi connectivity index (χ3v) is 6.23. The molecule has 0 aliphatic rings. The van der Waals surface area contributed by atoms with Gasteiger partial charge in [0.05, 0.1) is 5.69 Å². The van der Waals surface area contributed by atoms with Crippen LogP contribution in [0.25, 0.3) is 0 Å². The van der Waals surface area contributed by atoms with Crippen LogP contribution in [-0.2, 0) is 10.8 Å². The van der Waals surface area contributed by atoms with Crippen molar-refractivity contribution in [3.05, 3.63) is 86.3 Å². The SMILES string of the molecule is CC(C)(C)c1cc(C(=Nc2ccc(Br)cc2)Nc2ccc(Br)cc2)cc(C(C)(C)C)c1O. The molecule has 0 fully saturated rings. The van der Waals surface area contributed by atoms with Crippen molar-refractivity contribution < 1.29 is 5.11 Å². The molecule has 0 bridgehead atoms. The Morgan fingerprint density at radius 2 is 1.19 bits per heavy atom. The molecular formula is C27H30Br2N2O. The van der Waals surface area contributed by atoms with Crippen molar-refractivity contribution in [2.24, 2.45) is 4.99 Å². The lowest BCUT2D eigenvalue weighted by Crippen LogP contribution is -2.21. The van der Waals surface area contributed by atoms with Crippen molar-refractivity contribution in [2.45, 2.75) is 52.4 Å². The van der Waals surface area contributed by atoms with Gasteiger partial charge in [0.2, 0.25) is 0 Å². The zero-order chi connectivity index (χ0) is 23.7. The van der Waals surface area contributed by atoms with E-state index in [-0.39, 0.29) is 10.8 Å². The monoisotopic (exact) mass is 556 g/mol. The summed E-state index contributed by atoms with van der Waals surface area (Å²) >= 11 is 6.99. The number of hydrogen-bond acceptors (Lipinski definition) is 2. The molecule has 3 aromatic carbocycles. The summed E-state index contributed by atoms with van der Waals surface area (Å²) in [6, 6.07) is 20.0. The molecule has 0 saturated heterocycles. The van der Waals surface area contributed by atoms with E-state index in [1.807, 2.05) is 60.7 Å². The van der Waals surface area contributed by atoms with Gasteiger partial charge in [-0.2, -0.15) is 0 Å². The number of aliphatic imine (C=N–C) groups is 1. The summed E-state index contributed by atoms with van der Waals surface area (Å²) in [6.07, 6.45) is 0. The van der Waals surface area contributed by atoms with Gasteiger partial charge in [0.1, 0.15) is 11.6 Å². The van der Waals surface area contributed by atoms with Gasteiger partial charge < -0.3 is 10.4 Å². The van der Waals surface area contributed by atoms with Gasteiger partial charge in [0.25, 0.3) is 0 Å². The highest BCUT2D eigenvalue weighted by Gasteiger charge is 2.27. The first-order valence-corrected chi connectivity index (χ1v) is 12.2. The molecule has 5 heteroatoms. The van der Waals surface area contributed by atoms with Gasteiger partial charge in [-0.3, -0.25) is 0 Å². The van der Waals surface area contributed by atoms with Gasteiger partial charge in [-0.25, -0.2) is 4.99 Å². The van der Waals surface area contributed by atoms with Gasteiger partial charge in [-0.15, -0.1) is 0 Å². The van der Waals surface area contributed by atoms with Crippen LogP contribution in [0.15, 0.2) is 74.6 Å². The molecule has 3 nitrogen and oxygen atoms in total. The lowest BCUT2D eigenvalue weighted by Gasteiger charge is -2.28. The Hall–Kier alpha value is -2.11. The highest BCUT2D eigenvalue weighted by molar-refractivity contribution is 9.10. The highest BCUT2D eigenvalue weighted by Crippen LogP contribution is 2.40. The zero-order valence-corrected chi connectivity index (χ0v) is 22.6. The van der Waals surface area contributed by atoms with E-state index in [0.29, 0.717) is 5.75 Å². The number of phenols is 1. The number of hydrogen-bond donors (Lipinski definition) is 2. The number of rotatable bonds is 3. The van der Waals surface area contributed by atoms with Crippen molar-refractivity contribution >= 4 is 49.1 Å². The van der Waals surface area contributed by atoms with Crippen LogP contribution in [0.3, 0.4) is 0 Å². The summed E-state index contributed by atoms with van der Waals surface area (Å²) in [4.78, 5) is 4.96. The summed E-state index contributed by atoms with van der Waals surface area (Å²) in [6.45, 7) is 12.7. The Kier molecular flexibility index (Phi) is 7.21. The molecule has 168 valence electrons. The van der Waals surface area contributed by atoms with Gasteiger partial charge in [-0.05, 0) is 71.5 Å². The summed E-state index contributed by atoms with van der Waals surface area (Å²) in [5.74, 6) is 1.09. The van der Waals surface area contributed by atoms with Crippen molar-refractivity contribution in [1.29, 1.82) is 0 Å². The Morgan fingerprint density at radius 3 is 1.62 bits per heavy atom. The standard InChI is InChI=1S/C27H30Br2N2O/c1-26(2,3)22-15-17(16-23(24(22)32)27(4,5)6)25(30-20-11-7-18(28)8-12-20)31-21-13-9-19(29)10-14-21/h7-16,32H,1-6H3,(H,30,31). The smallest absolute Gasteiger partial charge is 0.138 e. The molecule has 0 radical (unpaired) electrons. The first-order chi connectivity index (χ1) is 14.8. The Bertz CT molecular complexity index is 1090. The maximum absolute atomic E-state index is 11.1. The van der Waals surface area contributed by atoms with Gasteiger partial charge in [0, 0.05) is 31.3 Å². The number of nitrogens with one attached hydrogen (secondary N) is 1. The molecule has 0 spiro atoms. The van der Waals surface area contributed by atoms with E-state index in [0.717, 1.165) is 42.8 Å². The van der Waals surface area contributed by atoms with Crippen LogP contribution in [0.2, 0.25) is 0 Å². The molecule has 0 unspecified atom stereocenters. The van der Waals surface area contributed by atoms with E-state index in [1.54, 1.807) is 0 Å². The van der Waals surface area contributed by atoms with Crippen LogP contribution < -0.4 is 5.32 Å². The van der Waals surface area contributed by atoms with Crippen LogP contribution in [0.4, 0.5) is 11.4 Å². The number of halogens is 2. The number of benzene rings is 3. The lowest BCUT2D eigenvalue weighted by molar-refractivity contribution is 0.423. The third-order valence-electron chi connectivity index (χ3n) is 5.17. The second kappa shape index (κ2) is 9.40. The van der Waals surface area contributed by atoms with Crippen LogP contribution in [-0.4, -0.2) is 10.9 Å². The van der Waals surface area contributed by atoms with E-state index >= 15 is 0 Å². The second-order valence-electron chi connectivity index (χ2n) is 9.99. The number of aromatic hydroxyl groups is 1. The lowest BCUT2D eigenvalue weighted by atomic mass is 9.78. The predicted molar refractivity (Wildman–Crippen MR) is 144 cm³/mol. The van der Waals surface area contributed by atoms with E-state index < -0.39 is 0 Å². The highest BCUT2D eigenvalue weighted by atomic mass is 79.9. The fourth-order valence-corrected chi connectivity index (χ4v) is 3.92. The topological polar surface area (TPSA) is 44.6 Å². The summed E-state index contributed by atoms with van der Waals surface area (Å²) < 4.78 is 2.03. The molecule has 32 heavy (non-hydrogen) atoms. The predicted octanol–water partition coefficient (Wildman–Crippen LogP) is 8.70. The number of amidine groups is 1. The maximum atomic E-state index is 11.1. The Labute approximate surface area is 208 Å². The zero-order valence-electron chi connectivity index (χ0n) is 19.4. The van der Waals surface area contributed by atoms with Crippen LogP contribution in [0.5, 0.6) is 5.75 Å².